The highest BCUT2D eigenvalue weighted by molar-refractivity contribution is 5.76. The van der Waals surface area contributed by atoms with Crippen LogP contribution in [0.5, 0.6) is 0 Å². The van der Waals surface area contributed by atoms with Crippen LogP contribution in [0.15, 0.2) is 12.3 Å². The average molecular weight is 304 g/mol. The van der Waals surface area contributed by atoms with Gasteiger partial charge in [0.1, 0.15) is 5.69 Å². The molecule has 1 rings (SSSR count). The van der Waals surface area contributed by atoms with Crippen molar-refractivity contribution in [1.82, 2.24) is 10.3 Å². The summed E-state index contributed by atoms with van der Waals surface area (Å²) in [6.07, 6.45) is -3.43. The van der Waals surface area contributed by atoms with E-state index in [4.69, 9.17) is 5.73 Å². The van der Waals surface area contributed by atoms with Crippen LogP contribution >= 0.6 is 0 Å². The molecule has 1 aromatic rings. The first kappa shape index (κ1) is 17.1. The summed E-state index contributed by atoms with van der Waals surface area (Å²) in [5.74, 6) is 0.173. The summed E-state index contributed by atoms with van der Waals surface area (Å²) in [4.78, 5) is 14.7. The van der Waals surface area contributed by atoms with Crippen LogP contribution in [0.25, 0.3) is 0 Å². The topological polar surface area (TPSA) is 80.0 Å². The van der Waals surface area contributed by atoms with Gasteiger partial charge in [-0.1, -0.05) is 13.8 Å². The van der Waals surface area contributed by atoms with Crippen molar-refractivity contribution in [2.75, 3.05) is 24.1 Å². The molecular weight excluding hydrogens is 285 g/mol. The number of carbonyl (C=O) groups is 1. The number of halogens is 3. The Hall–Kier alpha value is -1.99. The predicted molar refractivity (Wildman–Crippen MR) is 74.6 cm³/mol. The quantitative estimate of drug-likeness (QED) is 0.753. The minimum absolute atomic E-state index is 0.102. The second kappa shape index (κ2) is 7.14. The van der Waals surface area contributed by atoms with Crippen LogP contribution < -0.4 is 16.4 Å². The van der Waals surface area contributed by atoms with E-state index in [1.165, 1.54) is 0 Å². The minimum atomic E-state index is -4.53. The van der Waals surface area contributed by atoms with Crippen molar-refractivity contribution in [2.24, 2.45) is 5.92 Å². The van der Waals surface area contributed by atoms with Crippen LogP contribution in [0.3, 0.4) is 0 Å². The van der Waals surface area contributed by atoms with E-state index in [0.717, 1.165) is 12.3 Å². The van der Waals surface area contributed by atoms with Crippen molar-refractivity contribution in [1.29, 1.82) is 0 Å². The van der Waals surface area contributed by atoms with Crippen molar-refractivity contribution < 1.29 is 18.0 Å². The Bertz CT molecular complexity index is 489. The van der Waals surface area contributed by atoms with Gasteiger partial charge < -0.3 is 16.4 Å². The average Bonchev–Trinajstić information content (AvgIpc) is 2.37. The lowest BCUT2D eigenvalue weighted by Crippen LogP contribution is -2.28. The fraction of sp³-hybridized carbons (Fsp3) is 0.538. The predicted octanol–water partition coefficient (Wildman–Crippen LogP) is 2.26. The van der Waals surface area contributed by atoms with Gasteiger partial charge in [0.2, 0.25) is 5.91 Å². The zero-order valence-corrected chi connectivity index (χ0v) is 11.9. The van der Waals surface area contributed by atoms with Gasteiger partial charge in [0.05, 0.1) is 17.6 Å². The molecule has 4 N–H and O–H groups in total. The summed E-state index contributed by atoms with van der Waals surface area (Å²) in [6.45, 7) is 4.69. The van der Waals surface area contributed by atoms with Crippen molar-refractivity contribution in [3.63, 3.8) is 0 Å². The van der Waals surface area contributed by atoms with Gasteiger partial charge in [-0.15, -0.1) is 0 Å². The summed E-state index contributed by atoms with van der Waals surface area (Å²) in [7, 11) is 0. The van der Waals surface area contributed by atoms with Gasteiger partial charge in [0.25, 0.3) is 0 Å². The third kappa shape index (κ3) is 5.88. The number of pyridine rings is 1. The fourth-order valence-electron chi connectivity index (χ4n) is 1.49. The molecule has 0 atom stereocenters. The molecule has 0 aromatic carbocycles. The maximum Gasteiger partial charge on any atom is 0.433 e. The lowest BCUT2D eigenvalue weighted by molar-refractivity contribution is -0.141. The Morgan fingerprint density at radius 1 is 1.43 bits per heavy atom. The number of hydrogen-bond acceptors (Lipinski definition) is 4. The van der Waals surface area contributed by atoms with E-state index in [1.807, 2.05) is 13.8 Å². The van der Waals surface area contributed by atoms with Crippen molar-refractivity contribution in [2.45, 2.75) is 26.4 Å². The molecule has 21 heavy (non-hydrogen) atoms. The summed E-state index contributed by atoms with van der Waals surface area (Å²) in [5, 5.41) is 5.43. The second-order valence-electron chi connectivity index (χ2n) is 5.03. The zero-order valence-electron chi connectivity index (χ0n) is 11.9. The van der Waals surface area contributed by atoms with E-state index in [-0.39, 0.29) is 30.2 Å². The van der Waals surface area contributed by atoms with E-state index in [2.05, 4.69) is 15.6 Å². The molecule has 0 spiro atoms. The Morgan fingerprint density at radius 3 is 2.67 bits per heavy atom. The molecule has 0 fully saturated rings. The minimum Gasteiger partial charge on any atom is -0.396 e. The summed E-state index contributed by atoms with van der Waals surface area (Å²) in [5.41, 5.74) is 4.75. The smallest absolute Gasteiger partial charge is 0.396 e. The highest BCUT2D eigenvalue weighted by Crippen LogP contribution is 2.30. The first-order chi connectivity index (χ1) is 9.70. The number of amides is 1. The molecule has 118 valence electrons. The molecule has 0 saturated heterocycles. The highest BCUT2D eigenvalue weighted by atomic mass is 19.4. The fourth-order valence-corrected chi connectivity index (χ4v) is 1.49. The van der Waals surface area contributed by atoms with Crippen LogP contribution in [-0.4, -0.2) is 24.0 Å². The molecule has 0 radical (unpaired) electrons. The SMILES string of the molecule is CC(C)CNC(=O)CCNc1cc(C(F)(F)F)ncc1N. The molecule has 1 aromatic heterocycles. The first-order valence-electron chi connectivity index (χ1n) is 6.53. The number of hydrogen-bond donors (Lipinski definition) is 3. The second-order valence-corrected chi connectivity index (χ2v) is 5.03. The Kier molecular flexibility index (Phi) is 5.80. The summed E-state index contributed by atoms with van der Waals surface area (Å²) in [6, 6.07) is 0.835. The molecule has 0 aliphatic carbocycles. The molecule has 1 amide bonds. The van der Waals surface area contributed by atoms with Gasteiger partial charge >= 0.3 is 6.18 Å². The van der Waals surface area contributed by atoms with E-state index in [9.17, 15) is 18.0 Å². The molecule has 0 aliphatic heterocycles. The van der Waals surface area contributed by atoms with E-state index in [0.29, 0.717) is 12.5 Å². The molecular formula is C13H19F3N4O. The van der Waals surface area contributed by atoms with E-state index in [1.54, 1.807) is 0 Å². The molecule has 0 bridgehead atoms. The number of rotatable bonds is 6. The largest absolute Gasteiger partial charge is 0.433 e. The zero-order chi connectivity index (χ0) is 16.0. The Morgan fingerprint density at radius 2 is 2.10 bits per heavy atom. The normalized spacial score (nSPS) is 11.5. The number of carbonyl (C=O) groups excluding carboxylic acids is 1. The standard InChI is InChI=1S/C13H19F3N4O/c1-8(2)6-20-12(21)3-4-18-10-5-11(13(14,15)16)19-7-9(10)17/h5,7-8H,3-4,6,17H2,1-2H3,(H,18,19)(H,20,21). The number of nitrogens with zero attached hydrogens (tertiary/aromatic N) is 1. The number of aromatic nitrogens is 1. The highest BCUT2D eigenvalue weighted by Gasteiger charge is 2.32. The Balaban J connectivity index is 2.54. The van der Waals surface area contributed by atoms with Crippen molar-refractivity contribution >= 4 is 17.3 Å². The molecule has 8 heteroatoms. The van der Waals surface area contributed by atoms with Crippen LogP contribution in [-0.2, 0) is 11.0 Å². The molecule has 1 heterocycles. The van der Waals surface area contributed by atoms with Crippen molar-refractivity contribution in [3.8, 4) is 0 Å². The van der Waals surface area contributed by atoms with E-state index >= 15 is 0 Å². The third-order valence-corrected chi connectivity index (χ3v) is 2.60. The van der Waals surface area contributed by atoms with Gasteiger partial charge in [-0.25, -0.2) is 4.98 Å². The Labute approximate surface area is 121 Å². The van der Waals surface area contributed by atoms with Gasteiger partial charge in [-0.2, -0.15) is 13.2 Å². The van der Waals surface area contributed by atoms with Gasteiger partial charge in [-0.05, 0) is 12.0 Å². The van der Waals surface area contributed by atoms with Crippen LogP contribution in [0, 0.1) is 5.92 Å². The number of alkyl halides is 3. The summed E-state index contributed by atoms with van der Waals surface area (Å²) >= 11 is 0. The monoisotopic (exact) mass is 304 g/mol. The molecule has 0 unspecified atom stereocenters. The first-order valence-corrected chi connectivity index (χ1v) is 6.53. The maximum absolute atomic E-state index is 12.5. The lowest BCUT2D eigenvalue weighted by atomic mass is 10.2. The van der Waals surface area contributed by atoms with Crippen LogP contribution in [0.1, 0.15) is 26.0 Å². The van der Waals surface area contributed by atoms with Gasteiger partial charge in [0, 0.05) is 19.5 Å². The lowest BCUT2D eigenvalue weighted by Gasteiger charge is -2.12. The third-order valence-electron chi connectivity index (χ3n) is 2.60. The number of anilines is 2. The molecule has 0 saturated carbocycles. The molecule has 5 nitrogen and oxygen atoms in total. The number of nitrogens with one attached hydrogen (secondary N) is 2. The van der Waals surface area contributed by atoms with E-state index < -0.39 is 11.9 Å². The molecule has 0 aliphatic rings. The number of nitrogen functional groups attached to an aromatic ring is 1. The van der Waals surface area contributed by atoms with Gasteiger partial charge in [-0.3, -0.25) is 4.79 Å². The maximum atomic E-state index is 12.5. The number of nitrogens with two attached hydrogens (primary N) is 1. The summed E-state index contributed by atoms with van der Waals surface area (Å²) < 4.78 is 37.6. The van der Waals surface area contributed by atoms with Gasteiger partial charge in [0.15, 0.2) is 0 Å². The van der Waals surface area contributed by atoms with Crippen LogP contribution in [0.4, 0.5) is 24.5 Å². The van der Waals surface area contributed by atoms with Crippen LogP contribution in [0.2, 0.25) is 0 Å². The van der Waals surface area contributed by atoms with Crippen molar-refractivity contribution in [3.05, 3.63) is 18.0 Å².